The maximum absolute atomic E-state index is 12.0. The smallest absolute Gasteiger partial charge is 0.222 e. The summed E-state index contributed by atoms with van der Waals surface area (Å²) in [5, 5.41) is 9.76. The summed E-state index contributed by atoms with van der Waals surface area (Å²) in [5.41, 5.74) is 1.17. The van der Waals surface area contributed by atoms with Crippen LogP contribution in [0.2, 0.25) is 0 Å². The van der Waals surface area contributed by atoms with E-state index in [-0.39, 0.29) is 11.9 Å². The second-order valence-corrected chi connectivity index (χ2v) is 4.95. The van der Waals surface area contributed by atoms with Crippen LogP contribution in [0.1, 0.15) is 24.4 Å². The van der Waals surface area contributed by atoms with E-state index < -0.39 is 0 Å². The third-order valence-corrected chi connectivity index (χ3v) is 3.36. The SMILES string of the molecule is O=C1C[C@@H](c2ccccc2)NCCCNC/C=C/CN1. The molecule has 0 spiro atoms. The van der Waals surface area contributed by atoms with Crippen LogP contribution in [0.25, 0.3) is 0 Å². The van der Waals surface area contributed by atoms with Crippen molar-refractivity contribution in [3.63, 3.8) is 0 Å². The standard InChI is InChI=1S/C16H23N3O/c20-16-13-15(14-7-2-1-3-8-14)18-12-6-10-17-9-4-5-11-19-16/h1-5,7-8,15,17-18H,6,9-13H2,(H,19,20)/b5-4+/t15-/m0/s1. The van der Waals surface area contributed by atoms with Gasteiger partial charge in [-0.15, -0.1) is 0 Å². The van der Waals surface area contributed by atoms with Crippen LogP contribution in [0.4, 0.5) is 0 Å². The zero-order valence-corrected chi connectivity index (χ0v) is 11.8. The third-order valence-electron chi connectivity index (χ3n) is 3.36. The van der Waals surface area contributed by atoms with Crippen LogP contribution in [0, 0.1) is 0 Å². The van der Waals surface area contributed by atoms with Gasteiger partial charge in [0, 0.05) is 25.6 Å². The number of benzene rings is 1. The van der Waals surface area contributed by atoms with Gasteiger partial charge in [-0.05, 0) is 25.1 Å². The van der Waals surface area contributed by atoms with E-state index in [0.29, 0.717) is 13.0 Å². The summed E-state index contributed by atoms with van der Waals surface area (Å²) >= 11 is 0. The molecule has 0 saturated carbocycles. The minimum absolute atomic E-state index is 0.0842. The molecule has 0 aromatic heterocycles. The molecule has 4 heteroatoms. The monoisotopic (exact) mass is 273 g/mol. The average Bonchev–Trinajstić information content (AvgIpc) is 2.50. The van der Waals surface area contributed by atoms with Crippen LogP contribution in [0.5, 0.6) is 0 Å². The van der Waals surface area contributed by atoms with Gasteiger partial charge in [-0.25, -0.2) is 0 Å². The number of carbonyl (C=O) groups is 1. The molecule has 1 aromatic rings. The van der Waals surface area contributed by atoms with Crippen molar-refractivity contribution in [2.45, 2.75) is 18.9 Å². The summed E-state index contributed by atoms with van der Waals surface area (Å²) in [6, 6.07) is 10.3. The quantitative estimate of drug-likeness (QED) is 0.678. The minimum atomic E-state index is 0.0842. The van der Waals surface area contributed by atoms with Gasteiger partial charge < -0.3 is 16.0 Å². The number of hydrogen-bond donors (Lipinski definition) is 3. The predicted molar refractivity (Wildman–Crippen MR) is 81.4 cm³/mol. The fourth-order valence-electron chi connectivity index (χ4n) is 2.27. The molecule has 0 aliphatic carbocycles. The Morgan fingerprint density at radius 2 is 1.80 bits per heavy atom. The summed E-state index contributed by atoms with van der Waals surface area (Å²) in [4.78, 5) is 12.0. The van der Waals surface area contributed by atoms with Gasteiger partial charge >= 0.3 is 0 Å². The number of nitrogens with one attached hydrogen (secondary N) is 3. The van der Waals surface area contributed by atoms with Crippen molar-refractivity contribution in [2.75, 3.05) is 26.2 Å². The number of amides is 1. The molecular weight excluding hydrogens is 250 g/mol. The Bertz CT molecular complexity index is 431. The van der Waals surface area contributed by atoms with Gasteiger partial charge in [-0.2, -0.15) is 0 Å². The van der Waals surface area contributed by atoms with Crippen molar-refractivity contribution in [1.82, 2.24) is 16.0 Å². The lowest BCUT2D eigenvalue weighted by atomic mass is 10.0. The van der Waals surface area contributed by atoms with Crippen LogP contribution < -0.4 is 16.0 Å². The molecule has 0 radical (unpaired) electrons. The van der Waals surface area contributed by atoms with Crippen molar-refractivity contribution in [2.24, 2.45) is 0 Å². The third kappa shape index (κ3) is 5.15. The summed E-state index contributed by atoms with van der Waals surface area (Å²) in [6.45, 7) is 3.35. The zero-order valence-electron chi connectivity index (χ0n) is 11.8. The molecule has 1 heterocycles. The van der Waals surface area contributed by atoms with Gasteiger partial charge in [-0.3, -0.25) is 4.79 Å². The van der Waals surface area contributed by atoms with Gasteiger partial charge in [-0.1, -0.05) is 42.5 Å². The van der Waals surface area contributed by atoms with Gasteiger partial charge in [0.15, 0.2) is 0 Å². The van der Waals surface area contributed by atoms with E-state index in [9.17, 15) is 4.79 Å². The summed E-state index contributed by atoms with van der Waals surface area (Å²) in [7, 11) is 0. The Kier molecular flexibility index (Phi) is 6.27. The van der Waals surface area contributed by atoms with Gasteiger partial charge in [0.2, 0.25) is 5.91 Å². The lowest BCUT2D eigenvalue weighted by Gasteiger charge is -2.18. The molecule has 0 unspecified atom stereocenters. The maximum atomic E-state index is 12.0. The normalized spacial score (nSPS) is 23.8. The van der Waals surface area contributed by atoms with E-state index >= 15 is 0 Å². The Labute approximate surface area is 120 Å². The van der Waals surface area contributed by atoms with E-state index in [1.165, 1.54) is 5.56 Å². The van der Waals surface area contributed by atoms with Crippen LogP contribution in [-0.2, 0) is 4.79 Å². The zero-order chi connectivity index (χ0) is 14.0. The molecule has 20 heavy (non-hydrogen) atoms. The van der Waals surface area contributed by atoms with Crippen LogP contribution >= 0.6 is 0 Å². The van der Waals surface area contributed by atoms with E-state index in [1.54, 1.807) is 0 Å². The van der Waals surface area contributed by atoms with Crippen LogP contribution in [0.15, 0.2) is 42.5 Å². The largest absolute Gasteiger partial charge is 0.353 e. The first-order valence-corrected chi connectivity index (χ1v) is 7.27. The summed E-state index contributed by atoms with van der Waals surface area (Å²) in [6.07, 6.45) is 5.58. The topological polar surface area (TPSA) is 53.2 Å². The summed E-state index contributed by atoms with van der Waals surface area (Å²) < 4.78 is 0. The Balaban J connectivity index is 2.00. The van der Waals surface area contributed by atoms with Crippen LogP contribution in [-0.4, -0.2) is 32.1 Å². The van der Waals surface area contributed by atoms with E-state index in [1.807, 2.05) is 24.3 Å². The Morgan fingerprint density at radius 3 is 2.65 bits per heavy atom. The lowest BCUT2D eigenvalue weighted by Crippen LogP contribution is -2.31. The molecule has 1 aliphatic heterocycles. The first-order valence-electron chi connectivity index (χ1n) is 7.27. The highest BCUT2D eigenvalue weighted by atomic mass is 16.1. The molecule has 4 nitrogen and oxygen atoms in total. The first kappa shape index (κ1) is 14.8. The average molecular weight is 273 g/mol. The highest BCUT2D eigenvalue weighted by Crippen LogP contribution is 2.16. The van der Waals surface area contributed by atoms with Crippen molar-refractivity contribution < 1.29 is 4.79 Å². The molecule has 1 aromatic carbocycles. The Morgan fingerprint density at radius 1 is 1.00 bits per heavy atom. The van der Waals surface area contributed by atoms with Crippen molar-refractivity contribution in [3.05, 3.63) is 48.0 Å². The molecular formula is C16H23N3O. The lowest BCUT2D eigenvalue weighted by molar-refractivity contribution is -0.121. The highest BCUT2D eigenvalue weighted by Gasteiger charge is 2.14. The summed E-state index contributed by atoms with van der Waals surface area (Å²) in [5.74, 6) is 0.0863. The molecule has 0 bridgehead atoms. The number of rotatable bonds is 1. The molecule has 3 N–H and O–H groups in total. The van der Waals surface area contributed by atoms with E-state index in [4.69, 9.17) is 0 Å². The molecule has 1 amide bonds. The fourth-order valence-corrected chi connectivity index (χ4v) is 2.27. The second kappa shape index (κ2) is 8.51. The van der Waals surface area contributed by atoms with E-state index in [2.05, 4.69) is 34.2 Å². The fraction of sp³-hybridized carbons (Fsp3) is 0.438. The number of carbonyl (C=O) groups excluding carboxylic acids is 1. The molecule has 0 fully saturated rings. The molecule has 1 atom stereocenters. The predicted octanol–water partition coefficient (Wildman–Crippen LogP) is 1.37. The van der Waals surface area contributed by atoms with Crippen molar-refractivity contribution in [1.29, 1.82) is 0 Å². The maximum Gasteiger partial charge on any atom is 0.222 e. The highest BCUT2D eigenvalue weighted by molar-refractivity contribution is 5.76. The van der Waals surface area contributed by atoms with Gasteiger partial charge in [0.05, 0.1) is 0 Å². The van der Waals surface area contributed by atoms with E-state index in [0.717, 1.165) is 26.1 Å². The molecule has 108 valence electrons. The second-order valence-electron chi connectivity index (χ2n) is 4.95. The van der Waals surface area contributed by atoms with Gasteiger partial charge in [0.25, 0.3) is 0 Å². The van der Waals surface area contributed by atoms with Gasteiger partial charge in [0.1, 0.15) is 0 Å². The van der Waals surface area contributed by atoms with Crippen LogP contribution in [0.3, 0.4) is 0 Å². The first-order chi connectivity index (χ1) is 9.86. The van der Waals surface area contributed by atoms with Crippen molar-refractivity contribution in [3.8, 4) is 0 Å². The minimum Gasteiger partial charge on any atom is -0.353 e. The molecule has 1 aliphatic rings. The molecule has 0 saturated heterocycles. The van der Waals surface area contributed by atoms with Crippen molar-refractivity contribution >= 4 is 5.91 Å². The number of hydrogen-bond acceptors (Lipinski definition) is 3. The molecule has 2 rings (SSSR count). The Hall–Kier alpha value is -1.65.